The highest BCUT2D eigenvalue weighted by atomic mass is 16.6. The molecule has 0 radical (unpaired) electrons. The van der Waals surface area contributed by atoms with Crippen molar-refractivity contribution in [3.05, 3.63) is 50.3 Å². The summed E-state index contributed by atoms with van der Waals surface area (Å²) in [6, 6.07) is 4.00. The molecule has 1 saturated carbocycles. The van der Waals surface area contributed by atoms with Gasteiger partial charge in [-0.1, -0.05) is 6.42 Å². The lowest BCUT2D eigenvalue weighted by Gasteiger charge is -2.24. The van der Waals surface area contributed by atoms with Crippen molar-refractivity contribution >= 4 is 28.5 Å². The molecular weight excluding hydrogens is 354 g/mol. The van der Waals surface area contributed by atoms with Crippen LogP contribution in [0.2, 0.25) is 0 Å². The molecule has 0 bridgehead atoms. The number of aromatic amines is 1. The molecule has 9 nitrogen and oxygen atoms in total. The fraction of sp³-hybridized carbons (Fsp3) is 0.389. The summed E-state index contributed by atoms with van der Waals surface area (Å²) in [6.07, 6.45) is 2.58. The normalized spacial score (nSPS) is 24.1. The third-order valence-corrected chi connectivity index (χ3v) is 5.67. The largest absolute Gasteiger partial charge is 0.480 e. The summed E-state index contributed by atoms with van der Waals surface area (Å²) in [5.41, 5.74) is -0.450. The number of nitrogens with one attached hydrogen (secondary N) is 1. The number of hydrogen-bond donors (Lipinski definition) is 2. The number of amides is 1. The first-order valence-electron chi connectivity index (χ1n) is 8.72. The molecule has 2 aromatic rings. The number of non-ortho nitro benzene ring substituents is 1. The number of nitro groups is 1. The van der Waals surface area contributed by atoms with Gasteiger partial charge in [-0.05, 0) is 30.7 Å². The second kappa shape index (κ2) is 6.19. The predicted octanol–water partition coefficient (Wildman–Crippen LogP) is 1.76. The van der Waals surface area contributed by atoms with Crippen molar-refractivity contribution < 1.29 is 19.6 Å². The van der Waals surface area contributed by atoms with Crippen LogP contribution in [0.3, 0.4) is 0 Å². The molecular formula is C18H17N3O6. The number of carboxylic acids is 1. The molecule has 0 spiro atoms. The van der Waals surface area contributed by atoms with Crippen LogP contribution in [0.4, 0.5) is 5.69 Å². The molecule has 2 fully saturated rings. The smallest absolute Gasteiger partial charge is 0.326 e. The number of fused-ring (bicyclic) bond motifs is 2. The minimum atomic E-state index is -1.06. The van der Waals surface area contributed by atoms with Gasteiger partial charge in [0.1, 0.15) is 6.04 Å². The van der Waals surface area contributed by atoms with E-state index in [1.165, 1.54) is 23.1 Å². The number of aliphatic carboxylic acids is 1. The lowest BCUT2D eigenvalue weighted by Crippen LogP contribution is -2.43. The molecule has 4 rings (SSSR count). The van der Waals surface area contributed by atoms with Crippen LogP contribution in [0.15, 0.2) is 29.1 Å². The lowest BCUT2D eigenvalue weighted by atomic mass is 9.94. The summed E-state index contributed by atoms with van der Waals surface area (Å²) in [7, 11) is 0. The number of rotatable bonds is 3. The summed E-state index contributed by atoms with van der Waals surface area (Å²) < 4.78 is 0. The minimum absolute atomic E-state index is 0.0105. The van der Waals surface area contributed by atoms with E-state index in [9.17, 15) is 29.6 Å². The number of hydrogen-bond acceptors (Lipinski definition) is 5. The van der Waals surface area contributed by atoms with Crippen LogP contribution in [0.1, 0.15) is 29.6 Å². The molecule has 9 heteroatoms. The van der Waals surface area contributed by atoms with Gasteiger partial charge in [-0.25, -0.2) is 4.79 Å². The molecule has 27 heavy (non-hydrogen) atoms. The van der Waals surface area contributed by atoms with Crippen LogP contribution in [-0.4, -0.2) is 44.4 Å². The van der Waals surface area contributed by atoms with Crippen molar-refractivity contribution in [3.8, 4) is 0 Å². The van der Waals surface area contributed by atoms with Crippen LogP contribution in [0.25, 0.3) is 10.9 Å². The summed E-state index contributed by atoms with van der Waals surface area (Å²) in [5, 5.41) is 21.0. The van der Waals surface area contributed by atoms with Crippen LogP contribution in [0.5, 0.6) is 0 Å². The van der Waals surface area contributed by atoms with E-state index in [0.717, 1.165) is 25.3 Å². The van der Waals surface area contributed by atoms with E-state index in [-0.39, 0.29) is 28.5 Å². The molecule has 3 atom stereocenters. The fourth-order valence-electron chi connectivity index (χ4n) is 4.52. The van der Waals surface area contributed by atoms with E-state index in [2.05, 4.69) is 4.98 Å². The van der Waals surface area contributed by atoms with Crippen molar-refractivity contribution in [2.45, 2.75) is 25.3 Å². The van der Waals surface area contributed by atoms with E-state index in [0.29, 0.717) is 12.1 Å². The zero-order valence-corrected chi connectivity index (χ0v) is 14.3. The van der Waals surface area contributed by atoms with Crippen molar-refractivity contribution in [1.29, 1.82) is 0 Å². The minimum Gasteiger partial charge on any atom is -0.480 e. The number of carbonyl (C=O) groups is 2. The van der Waals surface area contributed by atoms with Gasteiger partial charge in [0.15, 0.2) is 0 Å². The maximum absolute atomic E-state index is 13.2. The Bertz CT molecular complexity index is 1030. The fourth-order valence-corrected chi connectivity index (χ4v) is 4.52. The maximum atomic E-state index is 13.2. The summed E-state index contributed by atoms with van der Waals surface area (Å²) >= 11 is 0. The number of nitrogens with zero attached hydrogens (tertiary/aromatic N) is 2. The molecule has 1 aliphatic carbocycles. The Kier molecular flexibility index (Phi) is 3.94. The molecule has 1 amide bonds. The van der Waals surface area contributed by atoms with Crippen molar-refractivity contribution in [2.24, 2.45) is 11.8 Å². The number of nitro benzene ring substituents is 1. The van der Waals surface area contributed by atoms with Crippen LogP contribution in [-0.2, 0) is 4.79 Å². The van der Waals surface area contributed by atoms with Gasteiger partial charge >= 0.3 is 5.97 Å². The van der Waals surface area contributed by atoms with Crippen LogP contribution in [0, 0.1) is 22.0 Å². The molecule has 2 N–H and O–H groups in total. The zero-order chi connectivity index (χ0) is 19.3. The van der Waals surface area contributed by atoms with Crippen molar-refractivity contribution in [2.75, 3.05) is 6.54 Å². The number of benzene rings is 1. The van der Waals surface area contributed by atoms with E-state index in [4.69, 9.17) is 0 Å². The second-order valence-corrected chi connectivity index (χ2v) is 7.13. The average Bonchev–Trinajstić information content (AvgIpc) is 3.20. The highest BCUT2D eigenvalue weighted by molar-refractivity contribution is 6.07. The van der Waals surface area contributed by atoms with Gasteiger partial charge in [0, 0.05) is 35.6 Å². The summed E-state index contributed by atoms with van der Waals surface area (Å²) in [5.74, 6) is -1.59. The third kappa shape index (κ3) is 2.75. The lowest BCUT2D eigenvalue weighted by molar-refractivity contribution is -0.384. The maximum Gasteiger partial charge on any atom is 0.326 e. The van der Waals surface area contributed by atoms with Crippen molar-refractivity contribution in [1.82, 2.24) is 9.88 Å². The van der Waals surface area contributed by atoms with E-state index in [1.54, 1.807) is 0 Å². The zero-order valence-electron chi connectivity index (χ0n) is 14.3. The third-order valence-electron chi connectivity index (χ3n) is 5.67. The number of aromatic nitrogens is 1. The molecule has 2 heterocycles. The van der Waals surface area contributed by atoms with Gasteiger partial charge < -0.3 is 15.0 Å². The van der Waals surface area contributed by atoms with Gasteiger partial charge in [0.05, 0.1) is 10.5 Å². The molecule has 1 saturated heterocycles. The molecule has 1 aromatic carbocycles. The molecule has 1 aromatic heterocycles. The molecule has 1 aliphatic heterocycles. The number of H-pyrrole nitrogens is 1. The van der Waals surface area contributed by atoms with Gasteiger partial charge in [0.25, 0.3) is 11.6 Å². The van der Waals surface area contributed by atoms with Crippen molar-refractivity contribution in [3.63, 3.8) is 0 Å². The van der Waals surface area contributed by atoms with Gasteiger partial charge in [0.2, 0.25) is 5.56 Å². The number of carboxylic acid groups (broad SMARTS) is 1. The number of likely N-dealkylation sites (tertiary alicyclic amines) is 1. The Morgan fingerprint density at radius 2 is 2.04 bits per heavy atom. The van der Waals surface area contributed by atoms with E-state index in [1.807, 2.05) is 0 Å². The molecule has 3 unspecified atom stereocenters. The number of pyridine rings is 1. The standard InChI is InChI=1S/C18H17N3O6/c22-15-7-13(12-6-10(21(26)27)4-5-14(12)19-15)17(23)20-8-9-2-1-3-11(9)16(20)18(24)25/h4-7,9,11,16H,1-3,8H2,(H,19,22)(H,24,25). The van der Waals surface area contributed by atoms with Gasteiger partial charge in [-0.3, -0.25) is 19.7 Å². The predicted molar refractivity (Wildman–Crippen MR) is 94.5 cm³/mol. The first kappa shape index (κ1) is 17.2. The Morgan fingerprint density at radius 1 is 1.26 bits per heavy atom. The topological polar surface area (TPSA) is 134 Å². The van der Waals surface area contributed by atoms with Crippen LogP contribution >= 0.6 is 0 Å². The Labute approximate surface area is 152 Å². The highest BCUT2D eigenvalue weighted by Crippen LogP contribution is 2.43. The first-order chi connectivity index (χ1) is 12.9. The van der Waals surface area contributed by atoms with E-state index >= 15 is 0 Å². The first-order valence-corrected chi connectivity index (χ1v) is 8.72. The SMILES string of the molecule is O=C(O)C1C2CCCC2CN1C(=O)c1cc(=O)[nH]c2ccc([N+](=O)[O-])cc12. The Balaban J connectivity index is 1.82. The van der Waals surface area contributed by atoms with E-state index < -0.39 is 28.4 Å². The Morgan fingerprint density at radius 3 is 2.74 bits per heavy atom. The quantitative estimate of drug-likeness (QED) is 0.624. The Hall–Kier alpha value is -3.23. The highest BCUT2D eigenvalue weighted by Gasteiger charge is 2.49. The monoisotopic (exact) mass is 371 g/mol. The molecule has 2 aliphatic rings. The number of carbonyl (C=O) groups excluding carboxylic acids is 1. The van der Waals surface area contributed by atoms with Gasteiger partial charge in [-0.2, -0.15) is 0 Å². The summed E-state index contributed by atoms with van der Waals surface area (Å²) in [6.45, 7) is 0.323. The summed E-state index contributed by atoms with van der Waals surface area (Å²) in [4.78, 5) is 51.3. The average molecular weight is 371 g/mol. The van der Waals surface area contributed by atoms with Gasteiger partial charge in [-0.15, -0.1) is 0 Å². The second-order valence-electron chi connectivity index (χ2n) is 7.13. The van der Waals surface area contributed by atoms with Crippen LogP contribution < -0.4 is 5.56 Å². The molecule has 140 valence electrons.